The van der Waals surface area contributed by atoms with Gasteiger partial charge in [0.1, 0.15) is 11.5 Å². The predicted molar refractivity (Wildman–Crippen MR) is 77.4 cm³/mol. The molecule has 0 saturated heterocycles. The van der Waals surface area contributed by atoms with Gasteiger partial charge in [0.15, 0.2) is 0 Å². The van der Waals surface area contributed by atoms with Gasteiger partial charge in [-0.1, -0.05) is 26.2 Å². The van der Waals surface area contributed by atoms with Gasteiger partial charge in [-0.15, -0.1) is 0 Å². The lowest BCUT2D eigenvalue weighted by Crippen LogP contribution is -2.24. The van der Waals surface area contributed by atoms with Crippen molar-refractivity contribution in [2.75, 3.05) is 11.9 Å². The zero-order valence-electron chi connectivity index (χ0n) is 12.0. The molecule has 0 radical (unpaired) electrons. The van der Waals surface area contributed by atoms with Crippen LogP contribution in [-0.2, 0) is 0 Å². The highest BCUT2D eigenvalue weighted by Gasteiger charge is 2.23. The smallest absolute Gasteiger partial charge is 0.295 e. The molecule has 0 bridgehead atoms. The molecule has 1 aliphatic carbocycles. The lowest BCUT2D eigenvalue weighted by molar-refractivity contribution is -0.384. The number of benzene rings is 1. The van der Waals surface area contributed by atoms with Gasteiger partial charge in [-0.3, -0.25) is 10.1 Å². The van der Waals surface area contributed by atoms with Crippen molar-refractivity contribution in [2.24, 2.45) is 11.8 Å². The summed E-state index contributed by atoms with van der Waals surface area (Å²) < 4.78 is 13.4. The van der Waals surface area contributed by atoms with Crippen LogP contribution in [0, 0.1) is 34.7 Å². The van der Waals surface area contributed by atoms with Gasteiger partial charge in [-0.2, -0.15) is 0 Å². The van der Waals surface area contributed by atoms with E-state index in [1.165, 1.54) is 25.3 Å². The second-order valence-electron chi connectivity index (χ2n) is 5.78. The first-order valence-electron chi connectivity index (χ1n) is 7.17. The average Bonchev–Trinajstić information content (AvgIpc) is 2.41. The van der Waals surface area contributed by atoms with Crippen LogP contribution in [0.15, 0.2) is 12.1 Å². The molecule has 2 unspecified atom stereocenters. The molecule has 20 heavy (non-hydrogen) atoms. The first-order valence-corrected chi connectivity index (χ1v) is 7.17. The molecule has 1 aliphatic rings. The fourth-order valence-electron chi connectivity index (χ4n) is 2.90. The molecule has 1 fully saturated rings. The first-order chi connectivity index (χ1) is 9.49. The lowest BCUT2D eigenvalue weighted by atomic mass is 9.80. The number of nitrogens with zero attached hydrogens (tertiary/aromatic N) is 1. The summed E-state index contributed by atoms with van der Waals surface area (Å²) in [5.41, 5.74) is 0.665. The molecule has 0 aromatic heterocycles. The molecule has 0 aliphatic heterocycles. The molecule has 0 spiro atoms. The SMILES string of the molecule is Cc1cc(NCC2CCCCC2C)c([N+](=O)[O-])cc1F. The molecular weight excluding hydrogens is 259 g/mol. The Morgan fingerprint density at radius 2 is 2.10 bits per heavy atom. The zero-order valence-corrected chi connectivity index (χ0v) is 12.0. The van der Waals surface area contributed by atoms with Crippen LogP contribution >= 0.6 is 0 Å². The zero-order chi connectivity index (χ0) is 14.7. The van der Waals surface area contributed by atoms with E-state index in [0.29, 0.717) is 29.6 Å². The minimum Gasteiger partial charge on any atom is -0.379 e. The van der Waals surface area contributed by atoms with E-state index < -0.39 is 10.7 Å². The second kappa shape index (κ2) is 6.20. The Bertz CT molecular complexity index is 505. The summed E-state index contributed by atoms with van der Waals surface area (Å²) in [6.45, 7) is 4.57. The van der Waals surface area contributed by atoms with E-state index in [4.69, 9.17) is 0 Å². The highest BCUT2D eigenvalue weighted by Crippen LogP contribution is 2.32. The molecule has 0 heterocycles. The van der Waals surface area contributed by atoms with E-state index >= 15 is 0 Å². The fourth-order valence-corrected chi connectivity index (χ4v) is 2.90. The Morgan fingerprint density at radius 1 is 1.40 bits per heavy atom. The van der Waals surface area contributed by atoms with E-state index in [0.717, 1.165) is 12.5 Å². The normalized spacial score (nSPS) is 22.6. The third-order valence-corrected chi connectivity index (χ3v) is 4.32. The molecule has 5 heteroatoms. The van der Waals surface area contributed by atoms with Gasteiger partial charge < -0.3 is 5.32 Å². The Morgan fingerprint density at radius 3 is 2.75 bits per heavy atom. The molecule has 1 saturated carbocycles. The topological polar surface area (TPSA) is 55.2 Å². The summed E-state index contributed by atoms with van der Waals surface area (Å²) in [6, 6.07) is 2.53. The summed E-state index contributed by atoms with van der Waals surface area (Å²) in [4.78, 5) is 10.5. The molecule has 2 atom stereocenters. The summed E-state index contributed by atoms with van der Waals surface area (Å²) in [6.07, 6.45) is 4.87. The molecule has 1 N–H and O–H groups in total. The highest BCUT2D eigenvalue weighted by atomic mass is 19.1. The number of halogens is 1. The maximum Gasteiger partial charge on any atom is 0.295 e. The maximum absolute atomic E-state index is 13.4. The van der Waals surface area contributed by atoms with Gasteiger partial charge >= 0.3 is 0 Å². The number of rotatable bonds is 4. The number of hydrogen-bond donors (Lipinski definition) is 1. The minimum absolute atomic E-state index is 0.184. The van der Waals surface area contributed by atoms with Crippen LogP contribution in [0.1, 0.15) is 38.2 Å². The van der Waals surface area contributed by atoms with E-state index in [1.807, 2.05) is 0 Å². The Balaban J connectivity index is 2.12. The van der Waals surface area contributed by atoms with Crippen LogP contribution in [-0.4, -0.2) is 11.5 Å². The third-order valence-electron chi connectivity index (χ3n) is 4.32. The van der Waals surface area contributed by atoms with Crippen LogP contribution < -0.4 is 5.32 Å². The summed E-state index contributed by atoms with van der Waals surface area (Å²) in [7, 11) is 0. The first kappa shape index (κ1) is 14.8. The number of anilines is 1. The van der Waals surface area contributed by atoms with Gasteiger partial charge in [0.25, 0.3) is 5.69 Å². The predicted octanol–water partition coefficient (Wildman–Crippen LogP) is 4.28. The largest absolute Gasteiger partial charge is 0.379 e. The summed E-state index contributed by atoms with van der Waals surface area (Å²) in [5, 5.41) is 14.2. The van der Waals surface area contributed by atoms with E-state index in [2.05, 4.69) is 12.2 Å². The number of hydrogen-bond acceptors (Lipinski definition) is 3. The van der Waals surface area contributed by atoms with Crippen molar-refractivity contribution in [1.82, 2.24) is 0 Å². The van der Waals surface area contributed by atoms with Gasteiger partial charge in [0.2, 0.25) is 0 Å². The van der Waals surface area contributed by atoms with Crippen molar-refractivity contribution in [3.8, 4) is 0 Å². The van der Waals surface area contributed by atoms with Crippen LogP contribution in [0.5, 0.6) is 0 Å². The van der Waals surface area contributed by atoms with E-state index in [-0.39, 0.29) is 5.69 Å². The van der Waals surface area contributed by atoms with Gasteiger partial charge in [-0.25, -0.2) is 4.39 Å². The molecule has 4 nitrogen and oxygen atoms in total. The summed E-state index contributed by atoms with van der Waals surface area (Å²) >= 11 is 0. The van der Waals surface area contributed by atoms with Crippen LogP contribution in [0.3, 0.4) is 0 Å². The number of aryl methyl sites for hydroxylation is 1. The third kappa shape index (κ3) is 3.26. The quantitative estimate of drug-likeness (QED) is 0.661. The second-order valence-corrected chi connectivity index (χ2v) is 5.78. The Hall–Kier alpha value is -1.65. The van der Waals surface area contributed by atoms with Gasteiger partial charge in [0, 0.05) is 6.54 Å². The van der Waals surface area contributed by atoms with Crippen molar-refractivity contribution in [2.45, 2.75) is 39.5 Å². The van der Waals surface area contributed by atoms with E-state index in [9.17, 15) is 14.5 Å². The minimum atomic E-state index is -0.534. The van der Waals surface area contributed by atoms with Crippen molar-refractivity contribution in [1.29, 1.82) is 0 Å². The van der Waals surface area contributed by atoms with Gasteiger partial charge in [0.05, 0.1) is 11.0 Å². The summed E-state index contributed by atoms with van der Waals surface area (Å²) in [5.74, 6) is 0.638. The number of nitro groups is 1. The molecule has 1 aromatic rings. The molecular formula is C15H21FN2O2. The lowest BCUT2D eigenvalue weighted by Gasteiger charge is -2.29. The maximum atomic E-state index is 13.4. The van der Waals surface area contributed by atoms with Gasteiger partial charge in [-0.05, 0) is 36.8 Å². The monoisotopic (exact) mass is 280 g/mol. The molecule has 110 valence electrons. The Labute approximate surface area is 118 Å². The van der Waals surface area contributed by atoms with Crippen molar-refractivity contribution in [3.05, 3.63) is 33.6 Å². The number of nitrogens with one attached hydrogen (secondary N) is 1. The van der Waals surface area contributed by atoms with Crippen LogP contribution in [0.2, 0.25) is 0 Å². The molecule has 0 amide bonds. The Kier molecular flexibility index (Phi) is 4.57. The average molecular weight is 280 g/mol. The van der Waals surface area contributed by atoms with Crippen LogP contribution in [0.25, 0.3) is 0 Å². The standard InChI is InChI=1S/C15H21FN2O2/c1-10-5-3-4-6-12(10)9-17-14-7-11(2)13(16)8-15(14)18(19)20/h7-8,10,12,17H,3-6,9H2,1-2H3. The highest BCUT2D eigenvalue weighted by molar-refractivity contribution is 5.63. The number of nitro benzene ring substituents is 1. The van der Waals surface area contributed by atoms with Crippen molar-refractivity contribution >= 4 is 11.4 Å². The van der Waals surface area contributed by atoms with Crippen LogP contribution in [0.4, 0.5) is 15.8 Å². The van der Waals surface area contributed by atoms with E-state index in [1.54, 1.807) is 6.92 Å². The fraction of sp³-hybridized carbons (Fsp3) is 0.600. The molecule has 2 rings (SSSR count). The van der Waals surface area contributed by atoms with Crippen molar-refractivity contribution in [3.63, 3.8) is 0 Å². The van der Waals surface area contributed by atoms with Crippen molar-refractivity contribution < 1.29 is 9.31 Å². The molecule has 1 aromatic carbocycles.